The third-order valence-corrected chi connectivity index (χ3v) is 7.54. The van der Waals surface area contributed by atoms with Crippen LogP contribution in [-0.2, 0) is 16.0 Å². The van der Waals surface area contributed by atoms with E-state index in [-0.39, 0.29) is 17.9 Å². The lowest BCUT2D eigenvalue weighted by Gasteiger charge is -2.34. The fourth-order valence-corrected chi connectivity index (χ4v) is 5.37. The maximum absolute atomic E-state index is 12.2. The van der Waals surface area contributed by atoms with Crippen molar-refractivity contribution in [2.75, 3.05) is 54.9 Å². The summed E-state index contributed by atoms with van der Waals surface area (Å²) in [7, 11) is 2.16. The SMILES string of the molecule is CN1CCN(c2ccc(Nc3ncc(C[C@@H]4CCNC4=O)c(N(C=O)C4CCCC4)n3)cc2)CC1. The molecule has 3 heterocycles. The molecule has 186 valence electrons. The molecule has 0 radical (unpaired) electrons. The quantitative estimate of drug-likeness (QED) is 0.565. The standard InChI is InChI=1S/C26H35N7O2/c1-31-12-14-32(15-13-31)22-8-6-21(7-9-22)29-26-28-17-20(16-19-10-11-27-25(19)35)24(30-26)33(18-34)23-4-2-3-5-23/h6-9,17-19,23H,2-5,10-16H2,1H3,(H,27,35)(H,28,29,30)/t19-/m0/s1. The van der Waals surface area contributed by atoms with Gasteiger partial charge in [-0.3, -0.25) is 14.5 Å². The number of benzene rings is 1. The first-order valence-electron chi connectivity index (χ1n) is 12.8. The Morgan fingerprint density at radius 3 is 2.51 bits per heavy atom. The van der Waals surface area contributed by atoms with Gasteiger partial charge in [-0.2, -0.15) is 4.98 Å². The van der Waals surface area contributed by atoms with Crippen molar-refractivity contribution in [3.63, 3.8) is 0 Å². The Hall–Kier alpha value is -3.20. The number of amides is 2. The van der Waals surface area contributed by atoms with Crippen molar-refractivity contribution < 1.29 is 9.59 Å². The summed E-state index contributed by atoms with van der Waals surface area (Å²) in [5.74, 6) is 1.04. The minimum absolute atomic E-state index is 0.0668. The van der Waals surface area contributed by atoms with Gasteiger partial charge in [0.2, 0.25) is 18.3 Å². The van der Waals surface area contributed by atoms with E-state index in [1.54, 1.807) is 11.1 Å². The average Bonchev–Trinajstić information content (AvgIpc) is 3.55. The number of hydrogen-bond acceptors (Lipinski definition) is 7. The molecule has 3 aliphatic rings. The van der Waals surface area contributed by atoms with Crippen molar-refractivity contribution in [3.05, 3.63) is 36.0 Å². The molecule has 0 unspecified atom stereocenters. The zero-order chi connectivity index (χ0) is 24.2. The van der Waals surface area contributed by atoms with Crippen LogP contribution in [0.1, 0.15) is 37.7 Å². The van der Waals surface area contributed by atoms with Crippen molar-refractivity contribution in [3.8, 4) is 0 Å². The molecule has 35 heavy (non-hydrogen) atoms. The predicted molar refractivity (Wildman–Crippen MR) is 137 cm³/mol. The highest BCUT2D eigenvalue weighted by Gasteiger charge is 2.30. The number of likely N-dealkylation sites (N-methyl/N-ethyl adjacent to an activating group) is 1. The second kappa shape index (κ2) is 10.6. The molecule has 1 atom stereocenters. The summed E-state index contributed by atoms with van der Waals surface area (Å²) in [5.41, 5.74) is 2.96. The summed E-state index contributed by atoms with van der Waals surface area (Å²) in [4.78, 5) is 40.2. The first kappa shape index (κ1) is 23.5. The van der Waals surface area contributed by atoms with Gasteiger partial charge in [0, 0.05) is 67.8 Å². The van der Waals surface area contributed by atoms with Gasteiger partial charge < -0.3 is 20.4 Å². The first-order valence-corrected chi connectivity index (χ1v) is 12.8. The molecule has 2 saturated heterocycles. The number of rotatable bonds is 8. The van der Waals surface area contributed by atoms with Crippen LogP contribution in [0.4, 0.5) is 23.1 Å². The van der Waals surface area contributed by atoms with Crippen molar-refractivity contribution in [2.24, 2.45) is 5.92 Å². The molecule has 2 aliphatic heterocycles. The van der Waals surface area contributed by atoms with Crippen LogP contribution in [0.25, 0.3) is 0 Å². The normalized spacial score (nSPS) is 21.2. The molecular formula is C26H35N7O2. The van der Waals surface area contributed by atoms with E-state index in [0.29, 0.717) is 24.7 Å². The second-order valence-electron chi connectivity index (χ2n) is 9.94. The van der Waals surface area contributed by atoms with Crippen LogP contribution in [0.3, 0.4) is 0 Å². The number of nitrogens with zero attached hydrogens (tertiary/aromatic N) is 5. The van der Waals surface area contributed by atoms with Gasteiger partial charge in [0.25, 0.3) is 0 Å². The molecule has 0 bridgehead atoms. The molecule has 1 aliphatic carbocycles. The van der Waals surface area contributed by atoms with E-state index in [9.17, 15) is 9.59 Å². The predicted octanol–water partition coefficient (Wildman–Crippen LogP) is 2.56. The molecule has 0 spiro atoms. The maximum Gasteiger partial charge on any atom is 0.229 e. The highest BCUT2D eigenvalue weighted by atomic mass is 16.2. The Kier molecular flexibility index (Phi) is 7.13. The molecule has 1 aromatic carbocycles. The lowest BCUT2D eigenvalue weighted by molar-refractivity contribution is -0.122. The Balaban J connectivity index is 1.36. The van der Waals surface area contributed by atoms with Crippen molar-refractivity contribution >= 4 is 35.5 Å². The van der Waals surface area contributed by atoms with Gasteiger partial charge in [0.05, 0.1) is 0 Å². The van der Waals surface area contributed by atoms with Crippen LogP contribution < -0.4 is 20.4 Å². The van der Waals surface area contributed by atoms with Crippen molar-refractivity contribution in [1.82, 2.24) is 20.2 Å². The number of carbonyl (C=O) groups is 2. The lowest BCUT2D eigenvalue weighted by Crippen LogP contribution is -2.44. The Bertz CT molecular complexity index is 1030. The van der Waals surface area contributed by atoms with Crippen LogP contribution in [0.2, 0.25) is 0 Å². The Labute approximate surface area is 206 Å². The summed E-state index contributed by atoms with van der Waals surface area (Å²) in [6.07, 6.45) is 8.19. The Morgan fingerprint density at radius 2 is 1.86 bits per heavy atom. The number of anilines is 4. The van der Waals surface area contributed by atoms with E-state index >= 15 is 0 Å². The number of aromatic nitrogens is 2. The van der Waals surface area contributed by atoms with Gasteiger partial charge in [-0.05, 0) is 57.0 Å². The van der Waals surface area contributed by atoms with Crippen LogP contribution in [0.15, 0.2) is 30.5 Å². The van der Waals surface area contributed by atoms with Gasteiger partial charge in [0.15, 0.2) is 0 Å². The summed E-state index contributed by atoms with van der Waals surface area (Å²) >= 11 is 0. The van der Waals surface area contributed by atoms with E-state index in [1.807, 2.05) is 12.1 Å². The average molecular weight is 478 g/mol. The minimum Gasteiger partial charge on any atom is -0.369 e. The summed E-state index contributed by atoms with van der Waals surface area (Å²) in [5, 5.41) is 6.21. The van der Waals surface area contributed by atoms with E-state index in [0.717, 1.165) is 75.9 Å². The van der Waals surface area contributed by atoms with E-state index in [1.165, 1.54) is 5.69 Å². The largest absolute Gasteiger partial charge is 0.369 e. The molecule has 2 amide bonds. The lowest BCUT2D eigenvalue weighted by atomic mass is 9.99. The van der Waals surface area contributed by atoms with Crippen LogP contribution in [0.5, 0.6) is 0 Å². The van der Waals surface area contributed by atoms with Crippen molar-refractivity contribution in [1.29, 1.82) is 0 Å². The molecular weight excluding hydrogens is 442 g/mol. The molecule has 5 rings (SSSR count). The number of carbonyl (C=O) groups excluding carboxylic acids is 2. The van der Waals surface area contributed by atoms with Crippen LogP contribution in [0, 0.1) is 5.92 Å². The fourth-order valence-electron chi connectivity index (χ4n) is 5.37. The second-order valence-corrected chi connectivity index (χ2v) is 9.94. The summed E-state index contributed by atoms with van der Waals surface area (Å²) in [6, 6.07) is 8.48. The summed E-state index contributed by atoms with van der Waals surface area (Å²) < 4.78 is 0. The van der Waals surface area contributed by atoms with Crippen LogP contribution >= 0.6 is 0 Å². The first-order chi connectivity index (χ1) is 17.1. The zero-order valence-electron chi connectivity index (χ0n) is 20.4. The monoisotopic (exact) mass is 477 g/mol. The van der Waals surface area contributed by atoms with Gasteiger partial charge in [0.1, 0.15) is 5.82 Å². The molecule has 9 heteroatoms. The van der Waals surface area contributed by atoms with Crippen molar-refractivity contribution in [2.45, 2.75) is 44.6 Å². The van der Waals surface area contributed by atoms with Gasteiger partial charge in [-0.1, -0.05) is 12.8 Å². The number of hydrogen-bond donors (Lipinski definition) is 2. The van der Waals surface area contributed by atoms with Gasteiger partial charge in [-0.15, -0.1) is 0 Å². The molecule has 1 saturated carbocycles. The van der Waals surface area contributed by atoms with Crippen LogP contribution in [-0.4, -0.2) is 73.0 Å². The molecule has 9 nitrogen and oxygen atoms in total. The van der Waals surface area contributed by atoms with E-state index < -0.39 is 0 Å². The minimum atomic E-state index is -0.102. The molecule has 3 fully saturated rings. The fraction of sp³-hybridized carbons (Fsp3) is 0.538. The topological polar surface area (TPSA) is 93.7 Å². The summed E-state index contributed by atoms with van der Waals surface area (Å²) in [6.45, 7) is 4.89. The molecule has 2 aromatic rings. The number of piperazine rings is 1. The van der Waals surface area contributed by atoms with Gasteiger partial charge >= 0.3 is 0 Å². The third-order valence-electron chi connectivity index (χ3n) is 7.54. The maximum atomic E-state index is 12.2. The van der Waals surface area contributed by atoms with Gasteiger partial charge in [-0.25, -0.2) is 4.98 Å². The third kappa shape index (κ3) is 5.40. The Morgan fingerprint density at radius 1 is 1.11 bits per heavy atom. The molecule has 1 aromatic heterocycles. The highest BCUT2D eigenvalue weighted by Crippen LogP contribution is 2.31. The van der Waals surface area contributed by atoms with E-state index in [4.69, 9.17) is 4.98 Å². The number of nitrogens with one attached hydrogen (secondary N) is 2. The van der Waals surface area contributed by atoms with E-state index in [2.05, 4.69) is 44.6 Å². The zero-order valence-corrected chi connectivity index (χ0v) is 20.4. The molecule has 2 N–H and O–H groups in total. The highest BCUT2D eigenvalue weighted by molar-refractivity contribution is 5.82. The smallest absolute Gasteiger partial charge is 0.229 e.